The highest BCUT2D eigenvalue weighted by Crippen LogP contribution is 2.50. The Morgan fingerprint density at radius 2 is 1.10 bits per heavy atom. The van der Waals surface area contributed by atoms with Crippen LogP contribution in [0.25, 0.3) is 81.7 Å². The second-order valence-electron chi connectivity index (χ2n) is 13.1. The van der Waals surface area contributed by atoms with E-state index in [-0.39, 0.29) is 12.0 Å². The molecule has 1 aliphatic carbocycles. The summed E-state index contributed by atoms with van der Waals surface area (Å²) in [6.45, 7) is 0. The Morgan fingerprint density at radius 1 is 0.479 bits per heavy atom. The largest absolute Gasteiger partial charge is 0.481 e. The number of allylic oxidation sites excluding steroid dienone is 2. The van der Waals surface area contributed by atoms with Gasteiger partial charge in [-0.25, -0.2) is 0 Å². The maximum Gasteiger partial charge on any atom is 0.177 e. The fourth-order valence-corrected chi connectivity index (χ4v) is 8.33. The predicted molar refractivity (Wildman–Crippen MR) is 200 cm³/mol. The highest BCUT2D eigenvalue weighted by molar-refractivity contribution is 6.16. The van der Waals surface area contributed by atoms with Gasteiger partial charge in [-0.15, -0.1) is 0 Å². The van der Waals surface area contributed by atoms with Crippen LogP contribution in [-0.4, -0.2) is 6.10 Å². The van der Waals surface area contributed by atoms with Crippen LogP contribution in [0.15, 0.2) is 162 Å². The summed E-state index contributed by atoms with van der Waals surface area (Å²) in [4.78, 5) is 0. The quantitative estimate of drug-likeness (QED) is 0.181. The minimum Gasteiger partial charge on any atom is -0.481 e. The molecule has 0 saturated heterocycles. The Hall–Kier alpha value is -6.12. The Labute approximate surface area is 276 Å². The van der Waals surface area contributed by atoms with E-state index in [1.807, 2.05) is 0 Å². The summed E-state index contributed by atoms with van der Waals surface area (Å²) in [7, 11) is 0. The van der Waals surface area contributed by atoms with Crippen molar-refractivity contribution < 1.29 is 9.15 Å². The van der Waals surface area contributed by atoms with Gasteiger partial charge in [-0.05, 0) is 102 Å². The number of ether oxygens (including phenoxy) is 1. The Kier molecular flexibility index (Phi) is 5.25. The van der Waals surface area contributed by atoms with Gasteiger partial charge in [-0.3, -0.25) is 0 Å². The topological polar surface area (TPSA) is 22.4 Å². The van der Waals surface area contributed by atoms with Crippen molar-refractivity contribution in [3.63, 3.8) is 0 Å². The standard InChI is InChI=1S/C46H28O2/c1-3-11-31-27(9-1)23-39(35-15-7-5-13-33(31)35)29-17-21-43-41(25-29)37-19-20-38-42-26-30(18-22-44(42)48-46(38)45(37)47-43)40-24-28-10-2-4-12-32(28)34-14-6-8-16-36(34)40/h1-26,41,43H. The lowest BCUT2D eigenvalue weighted by atomic mass is 9.84. The summed E-state index contributed by atoms with van der Waals surface area (Å²) in [5, 5.41) is 12.3. The molecule has 224 valence electrons. The van der Waals surface area contributed by atoms with Crippen LogP contribution in [0.2, 0.25) is 0 Å². The van der Waals surface area contributed by atoms with Crippen LogP contribution in [0.5, 0.6) is 5.75 Å². The zero-order valence-electron chi connectivity index (χ0n) is 26.0. The van der Waals surface area contributed by atoms with Gasteiger partial charge in [0.25, 0.3) is 0 Å². The van der Waals surface area contributed by atoms with Gasteiger partial charge in [0.2, 0.25) is 0 Å². The molecule has 2 aliphatic rings. The lowest BCUT2D eigenvalue weighted by molar-refractivity contribution is 0.269. The molecule has 0 N–H and O–H groups in total. The third kappa shape index (κ3) is 3.63. The molecule has 0 radical (unpaired) electrons. The van der Waals surface area contributed by atoms with E-state index in [2.05, 4.69) is 158 Å². The van der Waals surface area contributed by atoms with E-state index in [0.717, 1.165) is 27.7 Å². The molecule has 1 aromatic heterocycles. The molecule has 2 atom stereocenters. The van der Waals surface area contributed by atoms with Crippen LogP contribution in [0.3, 0.4) is 0 Å². The predicted octanol–water partition coefficient (Wildman–Crippen LogP) is 12.4. The van der Waals surface area contributed by atoms with Crippen LogP contribution in [0, 0.1) is 0 Å². The van der Waals surface area contributed by atoms with Crippen molar-refractivity contribution in [2.75, 3.05) is 0 Å². The molecule has 0 amide bonds. The first kappa shape index (κ1) is 26.0. The van der Waals surface area contributed by atoms with Crippen LogP contribution in [0.4, 0.5) is 0 Å². The number of hydrogen-bond donors (Lipinski definition) is 0. The fourth-order valence-electron chi connectivity index (χ4n) is 8.33. The number of fused-ring (bicyclic) bond motifs is 13. The summed E-state index contributed by atoms with van der Waals surface area (Å²) < 4.78 is 13.3. The number of furan rings is 1. The number of hydrogen-bond acceptors (Lipinski definition) is 2. The van der Waals surface area contributed by atoms with Crippen molar-refractivity contribution in [1.29, 1.82) is 0 Å². The molecule has 9 aromatic rings. The van der Waals surface area contributed by atoms with Gasteiger partial charge < -0.3 is 9.15 Å². The third-order valence-corrected chi connectivity index (χ3v) is 10.6. The lowest BCUT2D eigenvalue weighted by Gasteiger charge is -2.20. The minimum atomic E-state index is -0.0613. The Balaban J connectivity index is 1.05. The number of rotatable bonds is 2. The molecule has 0 bridgehead atoms. The summed E-state index contributed by atoms with van der Waals surface area (Å²) in [5.41, 5.74) is 7.78. The van der Waals surface area contributed by atoms with Gasteiger partial charge in [0.1, 0.15) is 11.7 Å². The normalized spacial score (nSPS) is 17.0. The lowest BCUT2D eigenvalue weighted by Crippen LogP contribution is -2.17. The van der Waals surface area contributed by atoms with Gasteiger partial charge in [-0.2, -0.15) is 0 Å². The van der Waals surface area contributed by atoms with Crippen LogP contribution >= 0.6 is 0 Å². The summed E-state index contributed by atoms with van der Waals surface area (Å²) >= 11 is 0. The third-order valence-electron chi connectivity index (χ3n) is 10.6. The van der Waals surface area contributed by atoms with E-state index >= 15 is 0 Å². The average molecular weight is 613 g/mol. The van der Waals surface area contributed by atoms with E-state index in [4.69, 9.17) is 9.15 Å². The first-order valence-electron chi connectivity index (χ1n) is 16.7. The molecule has 2 heterocycles. The summed E-state index contributed by atoms with van der Waals surface area (Å²) in [6.07, 6.45) is 6.79. The van der Waals surface area contributed by atoms with Crippen LogP contribution in [0.1, 0.15) is 17.0 Å². The molecule has 48 heavy (non-hydrogen) atoms. The SMILES string of the molecule is C1=CC2Oc3c(ccc4c3oc3ccc(-c5cc6ccccc6c6ccccc56)cc34)C2C=C1c1cc2ccccc2c2ccccc12. The van der Waals surface area contributed by atoms with Gasteiger partial charge in [0, 0.05) is 22.3 Å². The summed E-state index contributed by atoms with van der Waals surface area (Å²) in [6, 6.07) is 50.5. The highest BCUT2D eigenvalue weighted by atomic mass is 16.5. The van der Waals surface area contributed by atoms with E-state index in [9.17, 15) is 0 Å². The fraction of sp³-hybridized carbons (Fsp3) is 0.0435. The first-order chi connectivity index (χ1) is 23.8. The van der Waals surface area contributed by atoms with Crippen molar-refractivity contribution in [2.24, 2.45) is 0 Å². The van der Waals surface area contributed by atoms with Crippen molar-refractivity contribution >= 4 is 70.6 Å². The Morgan fingerprint density at radius 3 is 1.83 bits per heavy atom. The first-order valence-corrected chi connectivity index (χ1v) is 16.7. The van der Waals surface area contributed by atoms with E-state index in [1.54, 1.807) is 0 Å². The minimum absolute atomic E-state index is 0.0613. The zero-order valence-corrected chi connectivity index (χ0v) is 26.0. The molecule has 8 aromatic carbocycles. The smallest absolute Gasteiger partial charge is 0.177 e. The van der Waals surface area contributed by atoms with Gasteiger partial charge >= 0.3 is 0 Å². The molecule has 2 heteroatoms. The molecule has 0 saturated carbocycles. The Bertz CT molecular complexity index is 2880. The van der Waals surface area contributed by atoms with E-state index in [0.29, 0.717) is 0 Å². The molecule has 0 spiro atoms. The highest BCUT2D eigenvalue weighted by Gasteiger charge is 2.36. The average Bonchev–Trinajstić information content (AvgIpc) is 3.72. The van der Waals surface area contributed by atoms with Crippen molar-refractivity contribution in [3.05, 3.63) is 169 Å². The molecule has 2 unspecified atom stereocenters. The molecule has 1 aliphatic heterocycles. The molecule has 0 fully saturated rings. The van der Waals surface area contributed by atoms with Crippen LogP contribution in [-0.2, 0) is 0 Å². The molecular weight excluding hydrogens is 585 g/mol. The monoisotopic (exact) mass is 612 g/mol. The summed E-state index contributed by atoms with van der Waals surface area (Å²) in [5.74, 6) is 0.976. The molecular formula is C46H28O2. The number of benzene rings is 8. The molecule has 11 rings (SSSR count). The zero-order chi connectivity index (χ0) is 31.3. The second-order valence-corrected chi connectivity index (χ2v) is 13.1. The van der Waals surface area contributed by atoms with Crippen LogP contribution < -0.4 is 4.74 Å². The van der Waals surface area contributed by atoms with Crippen molar-refractivity contribution in [2.45, 2.75) is 12.0 Å². The van der Waals surface area contributed by atoms with Crippen molar-refractivity contribution in [1.82, 2.24) is 0 Å². The maximum atomic E-state index is 6.69. The van der Waals surface area contributed by atoms with Gasteiger partial charge in [0.05, 0.1) is 0 Å². The molecule has 2 nitrogen and oxygen atoms in total. The van der Waals surface area contributed by atoms with Gasteiger partial charge in [-0.1, -0.05) is 121 Å². The van der Waals surface area contributed by atoms with Gasteiger partial charge in [0.15, 0.2) is 11.3 Å². The van der Waals surface area contributed by atoms with E-state index < -0.39 is 0 Å². The second kappa shape index (κ2) is 9.70. The van der Waals surface area contributed by atoms with E-state index in [1.165, 1.54) is 70.9 Å². The van der Waals surface area contributed by atoms with Crippen molar-refractivity contribution in [3.8, 4) is 16.9 Å². The maximum absolute atomic E-state index is 6.69.